The minimum Gasteiger partial charge on any atom is -0.507 e. The lowest BCUT2D eigenvalue weighted by Gasteiger charge is -2.22. The van der Waals surface area contributed by atoms with Crippen molar-refractivity contribution < 1.29 is 20.1 Å². The molecule has 0 saturated heterocycles. The number of aliphatic hydroxyl groups is 1. The van der Waals surface area contributed by atoms with E-state index >= 15 is 0 Å². The Morgan fingerprint density at radius 3 is 2.80 bits per heavy atom. The van der Waals surface area contributed by atoms with Gasteiger partial charge < -0.3 is 15.3 Å². The molecule has 1 aliphatic carbocycles. The van der Waals surface area contributed by atoms with Crippen LogP contribution in [-0.4, -0.2) is 21.3 Å². The monoisotopic (exact) mass is 208 g/mol. The quantitative estimate of drug-likeness (QED) is 0.653. The topological polar surface area (TPSA) is 77.8 Å². The SMILES string of the molecule is O=C(O)c1ccc2c(c1O)CCCC2O. The molecule has 0 aliphatic heterocycles. The third kappa shape index (κ3) is 1.57. The molecule has 4 heteroatoms. The van der Waals surface area contributed by atoms with Crippen molar-refractivity contribution in [3.63, 3.8) is 0 Å². The van der Waals surface area contributed by atoms with E-state index < -0.39 is 12.1 Å². The van der Waals surface area contributed by atoms with E-state index in [0.29, 0.717) is 24.0 Å². The van der Waals surface area contributed by atoms with Crippen LogP contribution in [-0.2, 0) is 6.42 Å². The van der Waals surface area contributed by atoms with Crippen molar-refractivity contribution in [1.29, 1.82) is 0 Å². The van der Waals surface area contributed by atoms with Crippen LogP contribution in [0.3, 0.4) is 0 Å². The molecule has 0 aromatic heterocycles. The summed E-state index contributed by atoms with van der Waals surface area (Å²) in [4.78, 5) is 10.8. The summed E-state index contributed by atoms with van der Waals surface area (Å²) in [5.41, 5.74) is 1.14. The summed E-state index contributed by atoms with van der Waals surface area (Å²) in [6.45, 7) is 0. The van der Waals surface area contributed by atoms with Crippen LogP contribution in [0.4, 0.5) is 0 Å². The van der Waals surface area contributed by atoms with Crippen molar-refractivity contribution in [2.75, 3.05) is 0 Å². The van der Waals surface area contributed by atoms with Crippen LogP contribution in [0.25, 0.3) is 0 Å². The Morgan fingerprint density at radius 1 is 1.40 bits per heavy atom. The summed E-state index contributed by atoms with van der Waals surface area (Å²) in [5.74, 6) is -1.34. The molecule has 0 saturated carbocycles. The minimum atomic E-state index is -1.14. The highest BCUT2D eigenvalue weighted by Gasteiger charge is 2.23. The van der Waals surface area contributed by atoms with E-state index in [0.717, 1.165) is 6.42 Å². The van der Waals surface area contributed by atoms with Crippen LogP contribution >= 0.6 is 0 Å². The number of aromatic hydroxyl groups is 1. The average molecular weight is 208 g/mol. The molecule has 0 amide bonds. The van der Waals surface area contributed by atoms with Crippen LogP contribution in [0.5, 0.6) is 5.75 Å². The maximum absolute atomic E-state index is 10.8. The smallest absolute Gasteiger partial charge is 0.339 e. The fraction of sp³-hybridized carbons (Fsp3) is 0.364. The van der Waals surface area contributed by atoms with Crippen molar-refractivity contribution in [1.82, 2.24) is 0 Å². The van der Waals surface area contributed by atoms with Gasteiger partial charge in [-0.2, -0.15) is 0 Å². The summed E-state index contributed by atoms with van der Waals surface area (Å²) in [7, 11) is 0. The highest BCUT2D eigenvalue weighted by molar-refractivity contribution is 5.91. The predicted octanol–water partition coefficient (Wildman–Crippen LogP) is 1.46. The Morgan fingerprint density at radius 2 is 2.13 bits per heavy atom. The zero-order chi connectivity index (χ0) is 11.0. The first-order valence-electron chi connectivity index (χ1n) is 4.87. The molecule has 2 rings (SSSR count). The second kappa shape index (κ2) is 3.55. The van der Waals surface area contributed by atoms with Gasteiger partial charge in [0.25, 0.3) is 0 Å². The summed E-state index contributed by atoms with van der Waals surface area (Å²) in [6.07, 6.45) is 1.48. The van der Waals surface area contributed by atoms with E-state index in [9.17, 15) is 15.0 Å². The first-order valence-corrected chi connectivity index (χ1v) is 4.87. The standard InChI is InChI=1S/C11H12O4/c12-9-3-1-2-7-6(9)4-5-8(10(7)13)11(14)15/h4-5,9,12-13H,1-3H2,(H,14,15). The number of carbonyl (C=O) groups is 1. The number of aliphatic hydroxyl groups excluding tert-OH is 1. The van der Waals surface area contributed by atoms with Crippen LogP contribution in [0.1, 0.15) is 40.4 Å². The molecule has 1 aliphatic rings. The molecule has 0 bridgehead atoms. The molecular formula is C11H12O4. The number of aromatic carboxylic acids is 1. The number of hydrogen-bond donors (Lipinski definition) is 3. The van der Waals surface area contributed by atoms with E-state index in [1.165, 1.54) is 6.07 Å². The third-order valence-corrected chi connectivity index (χ3v) is 2.81. The van der Waals surface area contributed by atoms with E-state index in [4.69, 9.17) is 5.11 Å². The lowest BCUT2D eigenvalue weighted by Crippen LogP contribution is -2.11. The zero-order valence-electron chi connectivity index (χ0n) is 8.10. The molecule has 0 fully saturated rings. The van der Waals surface area contributed by atoms with Crippen LogP contribution in [0, 0.1) is 0 Å². The number of phenols is 1. The Kier molecular flexibility index (Phi) is 2.36. The number of carboxylic acid groups (broad SMARTS) is 1. The summed E-state index contributed by atoms with van der Waals surface area (Å²) >= 11 is 0. The molecule has 1 atom stereocenters. The maximum atomic E-state index is 10.8. The number of rotatable bonds is 1. The van der Waals surface area contributed by atoms with Gasteiger partial charge >= 0.3 is 5.97 Å². The third-order valence-electron chi connectivity index (χ3n) is 2.81. The number of carboxylic acids is 1. The van der Waals surface area contributed by atoms with Crippen molar-refractivity contribution >= 4 is 5.97 Å². The highest BCUT2D eigenvalue weighted by atomic mass is 16.4. The first kappa shape index (κ1) is 9.98. The molecule has 0 spiro atoms. The molecule has 1 unspecified atom stereocenters. The molecule has 0 radical (unpaired) electrons. The molecule has 1 aromatic carbocycles. The highest BCUT2D eigenvalue weighted by Crippen LogP contribution is 2.36. The van der Waals surface area contributed by atoms with Gasteiger partial charge in [0.15, 0.2) is 0 Å². The second-order valence-corrected chi connectivity index (χ2v) is 3.74. The first-order chi connectivity index (χ1) is 7.11. The fourth-order valence-electron chi connectivity index (χ4n) is 2.03. The average Bonchev–Trinajstić information content (AvgIpc) is 2.19. The van der Waals surface area contributed by atoms with Gasteiger partial charge in [-0.05, 0) is 30.9 Å². The summed E-state index contributed by atoms with van der Waals surface area (Å²) in [5, 5.41) is 28.2. The number of fused-ring (bicyclic) bond motifs is 1. The van der Waals surface area contributed by atoms with Gasteiger partial charge in [-0.3, -0.25) is 0 Å². The van der Waals surface area contributed by atoms with Crippen molar-refractivity contribution in [3.8, 4) is 5.75 Å². The van der Waals surface area contributed by atoms with Crippen molar-refractivity contribution in [2.24, 2.45) is 0 Å². The van der Waals surface area contributed by atoms with E-state index in [1.54, 1.807) is 6.07 Å². The Balaban J connectivity index is 2.57. The molecule has 15 heavy (non-hydrogen) atoms. The molecular weight excluding hydrogens is 196 g/mol. The van der Waals surface area contributed by atoms with Gasteiger partial charge in [0.05, 0.1) is 6.10 Å². The van der Waals surface area contributed by atoms with E-state index in [2.05, 4.69) is 0 Å². The van der Waals surface area contributed by atoms with Crippen LogP contribution in [0.15, 0.2) is 12.1 Å². The predicted molar refractivity (Wildman–Crippen MR) is 53.0 cm³/mol. The number of hydrogen-bond acceptors (Lipinski definition) is 3. The van der Waals surface area contributed by atoms with Gasteiger partial charge in [0.1, 0.15) is 11.3 Å². The second-order valence-electron chi connectivity index (χ2n) is 3.74. The lowest BCUT2D eigenvalue weighted by molar-refractivity contribution is 0.0692. The Bertz CT molecular complexity index is 411. The molecule has 3 N–H and O–H groups in total. The van der Waals surface area contributed by atoms with Crippen LogP contribution < -0.4 is 0 Å². The zero-order valence-corrected chi connectivity index (χ0v) is 8.10. The lowest BCUT2D eigenvalue weighted by atomic mass is 9.87. The Hall–Kier alpha value is -1.55. The van der Waals surface area contributed by atoms with E-state index in [-0.39, 0.29) is 11.3 Å². The van der Waals surface area contributed by atoms with Gasteiger partial charge in [0, 0.05) is 5.56 Å². The Labute approximate surface area is 86.8 Å². The molecule has 1 aromatic rings. The van der Waals surface area contributed by atoms with Gasteiger partial charge in [-0.1, -0.05) is 6.07 Å². The summed E-state index contributed by atoms with van der Waals surface area (Å²) in [6, 6.07) is 2.92. The fourth-order valence-corrected chi connectivity index (χ4v) is 2.03. The van der Waals surface area contributed by atoms with Gasteiger partial charge in [0.2, 0.25) is 0 Å². The summed E-state index contributed by atoms with van der Waals surface area (Å²) < 4.78 is 0. The maximum Gasteiger partial charge on any atom is 0.339 e. The molecule has 0 heterocycles. The number of benzene rings is 1. The van der Waals surface area contributed by atoms with Gasteiger partial charge in [-0.15, -0.1) is 0 Å². The molecule has 4 nitrogen and oxygen atoms in total. The normalized spacial score (nSPS) is 19.7. The molecule has 80 valence electrons. The minimum absolute atomic E-state index is 0.0946. The van der Waals surface area contributed by atoms with E-state index in [1.807, 2.05) is 0 Å². The van der Waals surface area contributed by atoms with Gasteiger partial charge in [-0.25, -0.2) is 4.79 Å². The largest absolute Gasteiger partial charge is 0.507 e. The van der Waals surface area contributed by atoms with Crippen molar-refractivity contribution in [2.45, 2.75) is 25.4 Å². The van der Waals surface area contributed by atoms with Crippen molar-refractivity contribution in [3.05, 3.63) is 28.8 Å². The van der Waals surface area contributed by atoms with Crippen LogP contribution in [0.2, 0.25) is 0 Å².